The summed E-state index contributed by atoms with van der Waals surface area (Å²) in [4.78, 5) is 12.3. The molecule has 0 fully saturated rings. The highest BCUT2D eigenvalue weighted by atomic mass is 35.5. The average molecular weight is 432 g/mol. The zero-order valence-electron chi connectivity index (χ0n) is 15.0. The molecule has 2 aromatic rings. The Bertz CT molecular complexity index is 914. The molecule has 1 atom stereocenters. The first-order valence-corrected chi connectivity index (χ1v) is 13.5. The summed E-state index contributed by atoms with van der Waals surface area (Å²) in [5, 5.41) is -0.922. The molecule has 1 unspecified atom stereocenters. The van der Waals surface area contributed by atoms with Crippen LogP contribution in [0.2, 0.25) is 24.7 Å². The molecular weight excluding hydrogens is 412 g/mol. The van der Waals surface area contributed by atoms with E-state index < -0.39 is 35.5 Å². The summed E-state index contributed by atoms with van der Waals surface area (Å²) in [5.74, 6) is -3.92. The maximum absolute atomic E-state index is 15.1. The van der Waals surface area contributed by atoms with Crippen molar-refractivity contribution >= 4 is 35.1 Å². The van der Waals surface area contributed by atoms with Gasteiger partial charge in [0.15, 0.2) is 5.41 Å². The third-order valence-electron chi connectivity index (χ3n) is 3.88. The zero-order chi connectivity index (χ0) is 20.5. The number of carbonyl (C=O) groups excluding carboxylic acids is 1. The van der Waals surface area contributed by atoms with Crippen LogP contribution < -0.4 is 4.72 Å². The van der Waals surface area contributed by atoms with Gasteiger partial charge >= 0.3 is 5.92 Å². The van der Waals surface area contributed by atoms with E-state index in [1.165, 1.54) is 68.2 Å². The van der Waals surface area contributed by atoms with Crippen molar-refractivity contribution in [1.29, 1.82) is 0 Å². The second-order valence-electron chi connectivity index (χ2n) is 7.12. The molecule has 9 heteroatoms. The fraction of sp³-hybridized carbons (Fsp3) is 0.278. The number of nitrogens with one attached hydrogen (secondary N) is 1. The van der Waals surface area contributed by atoms with E-state index in [0.717, 1.165) is 0 Å². The predicted octanol–water partition coefficient (Wildman–Crippen LogP) is 4.44. The molecule has 0 saturated heterocycles. The SMILES string of the molecule is C[Si](C)(C)C(=O)C(F)(F)C(NS(=O)(=O)c1ccccc1)c1ccc(Cl)cc1. The largest absolute Gasteiger partial charge is 0.320 e. The Hall–Kier alpha value is -1.61. The number of alkyl halides is 2. The van der Waals surface area contributed by atoms with Crippen molar-refractivity contribution in [3.8, 4) is 0 Å². The Labute approximate surface area is 163 Å². The van der Waals surface area contributed by atoms with Crippen molar-refractivity contribution in [2.45, 2.75) is 36.5 Å². The van der Waals surface area contributed by atoms with E-state index in [2.05, 4.69) is 0 Å². The van der Waals surface area contributed by atoms with Gasteiger partial charge in [-0.2, -0.15) is 13.5 Å². The fourth-order valence-electron chi connectivity index (χ4n) is 2.46. The second-order valence-corrected chi connectivity index (χ2v) is 14.2. The van der Waals surface area contributed by atoms with Crippen molar-refractivity contribution in [3.63, 3.8) is 0 Å². The van der Waals surface area contributed by atoms with E-state index in [0.29, 0.717) is 5.02 Å². The summed E-state index contributed by atoms with van der Waals surface area (Å²) in [6.45, 7) is 4.48. The summed E-state index contributed by atoms with van der Waals surface area (Å²) < 4.78 is 57.6. The maximum Gasteiger partial charge on any atom is 0.320 e. The molecule has 0 amide bonds. The molecule has 0 aliphatic carbocycles. The number of benzene rings is 2. The first-order chi connectivity index (χ1) is 12.4. The highest BCUT2D eigenvalue weighted by molar-refractivity contribution is 7.89. The number of halogens is 3. The normalized spacial score (nSPS) is 14.0. The highest BCUT2D eigenvalue weighted by Gasteiger charge is 2.53. The van der Waals surface area contributed by atoms with Crippen LogP contribution in [0, 0.1) is 0 Å². The Morgan fingerprint density at radius 2 is 1.56 bits per heavy atom. The molecule has 0 spiro atoms. The van der Waals surface area contributed by atoms with Crippen LogP contribution in [0.5, 0.6) is 0 Å². The van der Waals surface area contributed by atoms with E-state index >= 15 is 8.78 Å². The first-order valence-electron chi connectivity index (χ1n) is 8.11. The molecule has 0 radical (unpaired) electrons. The molecule has 1 N–H and O–H groups in total. The van der Waals surface area contributed by atoms with Crippen LogP contribution in [0.1, 0.15) is 11.6 Å². The molecule has 0 saturated carbocycles. The Kier molecular flexibility index (Phi) is 6.25. The van der Waals surface area contributed by atoms with Crippen LogP contribution in [-0.4, -0.2) is 27.8 Å². The van der Waals surface area contributed by atoms with Crippen LogP contribution in [0.15, 0.2) is 59.5 Å². The van der Waals surface area contributed by atoms with Gasteiger partial charge in [0.1, 0.15) is 14.1 Å². The lowest BCUT2D eigenvalue weighted by molar-refractivity contribution is -0.139. The van der Waals surface area contributed by atoms with Gasteiger partial charge in [0, 0.05) is 5.02 Å². The van der Waals surface area contributed by atoms with Gasteiger partial charge in [0.2, 0.25) is 10.0 Å². The minimum atomic E-state index is -4.28. The molecule has 4 nitrogen and oxygen atoms in total. The molecule has 0 bridgehead atoms. The molecule has 0 aliphatic rings. The number of rotatable bonds is 7. The van der Waals surface area contributed by atoms with Gasteiger partial charge in [-0.3, -0.25) is 4.79 Å². The smallest absolute Gasteiger partial charge is 0.299 e. The van der Waals surface area contributed by atoms with Crippen LogP contribution in [0.3, 0.4) is 0 Å². The molecule has 0 heterocycles. The summed E-state index contributed by atoms with van der Waals surface area (Å²) in [5.41, 5.74) is -0.0458. The van der Waals surface area contributed by atoms with Crippen molar-refractivity contribution in [3.05, 3.63) is 65.2 Å². The first kappa shape index (κ1) is 21.7. The topological polar surface area (TPSA) is 63.2 Å². The fourth-order valence-corrected chi connectivity index (χ4v) is 4.98. The Morgan fingerprint density at radius 3 is 2.04 bits per heavy atom. The molecule has 146 valence electrons. The van der Waals surface area contributed by atoms with Crippen LogP contribution in [-0.2, 0) is 14.8 Å². The average Bonchev–Trinajstić information content (AvgIpc) is 2.60. The van der Waals surface area contributed by atoms with Gasteiger partial charge in [-0.1, -0.05) is 61.6 Å². The third kappa shape index (κ3) is 5.01. The third-order valence-corrected chi connectivity index (χ3v) is 7.26. The lowest BCUT2D eigenvalue weighted by Crippen LogP contribution is -2.53. The minimum absolute atomic E-state index is 0.0458. The van der Waals surface area contributed by atoms with Gasteiger partial charge in [0.25, 0.3) is 0 Å². The molecule has 27 heavy (non-hydrogen) atoms. The summed E-state index contributed by atoms with van der Waals surface area (Å²) in [6.07, 6.45) is 0. The van der Waals surface area contributed by atoms with Crippen molar-refractivity contribution in [1.82, 2.24) is 4.72 Å². The minimum Gasteiger partial charge on any atom is -0.299 e. The monoisotopic (exact) mass is 431 g/mol. The molecule has 0 aliphatic heterocycles. The van der Waals surface area contributed by atoms with Crippen molar-refractivity contribution in [2.24, 2.45) is 0 Å². The number of hydrogen-bond donors (Lipinski definition) is 1. The molecule has 0 aromatic heterocycles. The Balaban J connectivity index is 2.54. The summed E-state index contributed by atoms with van der Waals surface area (Å²) >= 11 is 5.81. The van der Waals surface area contributed by atoms with Gasteiger partial charge < -0.3 is 0 Å². The lowest BCUT2D eigenvalue weighted by atomic mass is 10.0. The lowest BCUT2D eigenvalue weighted by Gasteiger charge is -2.30. The predicted molar refractivity (Wildman–Crippen MR) is 104 cm³/mol. The summed E-state index contributed by atoms with van der Waals surface area (Å²) in [6, 6.07) is 10.4. The van der Waals surface area contributed by atoms with Crippen LogP contribution >= 0.6 is 11.6 Å². The van der Waals surface area contributed by atoms with E-state index in [1.807, 2.05) is 4.72 Å². The second kappa shape index (κ2) is 7.79. The molecular formula is C18H20ClF2NO3SSi. The van der Waals surface area contributed by atoms with Gasteiger partial charge in [-0.15, -0.1) is 0 Å². The van der Waals surface area contributed by atoms with Gasteiger partial charge in [-0.05, 0) is 29.8 Å². The van der Waals surface area contributed by atoms with Crippen molar-refractivity contribution < 1.29 is 22.0 Å². The zero-order valence-corrected chi connectivity index (χ0v) is 17.6. The summed E-state index contributed by atoms with van der Waals surface area (Å²) in [7, 11) is -7.19. The van der Waals surface area contributed by atoms with E-state index in [4.69, 9.17) is 11.6 Å². The number of carbonyl (C=O) groups is 1. The Morgan fingerprint density at radius 1 is 1.04 bits per heavy atom. The molecule has 2 aromatic carbocycles. The molecule has 2 rings (SSSR count). The van der Waals surface area contributed by atoms with Crippen LogP contribution in [0.25, 0.3) is 0 Å². The van der Waals surface area contributed by atoms with Gasteiger partial charge in [-0.25, -0.2) is 8.42 Å². The highest BCUT2D eigenvalue weighted by Crippen LogP contribution is 2.36. The van der Waals surface area contributed by atoms with E-state index in [-0.39, 0.29) is 10.5 Å². The van der Waals surface area contributed by atoms with E-state index in [9.17, 15) is 13.2 Å². The standard InChI is InChI=1S/C18H20ClF2NO3SSi/c1-27(2,3)17(23)18(20,21)16(13-9-11-14(19)12-10-13)22-26(24,25)15-7-5-4-6-8-15/h4-12,16,22H,1-3H3. The maximum atomic E-state index is 15.1. The number of hydrogen-bond acceptors (Lipinski definition) is 3. The van der Waals surface area contributed by atoms with Crippen LogP contribution in [0.4, 0.5) is 8.78 Å². The quantitative estimate of drug-likeness (QED) is 0.659. The van der Waals surface area contributed by atoms with Crippen molar-refractivity contribution in [2.75, 3.05) is 0 Å². The number of sulfonamides is 1. The van der Waals surface area contributed by atoms with Gasteiger partial charge in [0.05, 0.1) is 4.90 Å². The van der Waals surface area contributed by atoms with E-state index in [1.54, 1.807) is 6.07 Å².